The normalized spacial score (nSPS) is 21.2. The van der Waals surface area contributed by atoms with Gasteiger partial charge in [-0.3, -0.25) is 4.79 Å². The summed E-state index contributed by atoms with van der Waals surface area (Å²) >= 11 is 0. The lowest BCUT2D eigenvalue weighted by Crippen LogP contribution is -2.30. The van der Waals surface area contributed by atoms with Crippen molar-refractivity contribution < 1.29 is 13.6 Å². The Hall–Kier alpha value is -0.670. The van der Waals surface area contributed by atoms with E-state index in [1.54, 1.807) is 0 Å². The van der Waals surface area contributed by atoms with Gasteiger partial charge in [0.15, 0.2) is 0 Å². The lowest BCUT2D eigenvalue weighted by atomic mass is 10.3. The van der Waals surface area contributed by atoms with Gasteiger partial charge >= 0.3 is 5.92 Å². The maximum absolute atomic E-state index is 12.2. The molecule has 0 spiro atoms. The predicted molar refractivity (Wildman–Crippen MR) is 38.5 cm³/mol. The van der Waals surface area contributed by atoms with Gasteiger partial charge < -0.3 is 4.90 Å². The van der Waals surface area contributed by atoms with Gasteiger partial charge in [-0.25, -0.2) is 0 Å². The Morgan fingerprint density at radius 2 is 1.91 bits per heavy atom. The van der Waals surface area contributed by atoms with Crippen molar-refractivity contribution in [1.29, 1.82) is 0 Å². The first-order valence-electron chi connectivity index (χ1n) is 3.67. The summed E-state index contributed by atoms with van der Waals surface area (Å²) in [5.41, 5.74) is 0. The van der Waals surface area contributed by atoms with E-state index in [2.05, 4.69) is 0 Å². The summed E-state index contributed by atoms with van der Waals surface area (Å²) in [6.07, 6.45) is -0.331. The number of rotatable bonds is 0. The lowest BCUT2D eigenvalue weighted by molar-refractivity contribution is -0.146. The van der Waals surface area contributed by atoms with Crippen LogP contribution in [0.4, 0.5) is 8.78 Å². The summed E-state index contributed by atoms with van der Waals surface area (Å²) in [5, 5.41) is 0. The molecule has 1 saturated heterocycles. The number of hydrogen-bond donors (Lipinski definition) is 0. The molecule has 0 atom stereocenters. The predicted octanol–water partition coefficient (Wildman–Crippen LogP) is 1.51. The average Bonchev–Trinajstić information content (AvgIpc) is 2.21. The smallest absolute Gasteiger partial charge is 0.326 e. The molecule has 1 rings (SSSR count). The number of nitrogens with zero attached hydrogens (tertiary/aromatic N) is 1. The summed E-state index contributed by atoms with van der Waals surface area (Å²) in [6, 6.07) is 0. The monoisotopic (exact) mass is 165 g/mol. The van der Waals surface area contributed by atoms with Crippen molar-refractivity contribution in [3.8, 4) is 0 Å². The minimum Gasteiger partial charge on any atom is -0.340 e. The molecule has 0 N–H and O–H groups in total. The van der Waals surface area contributed by atoms with Gasteiger partial charge in [-0.1, -0.05) is 13.8 Å². The summed E-state index contributed by atoms with van der Waals surface area (Å²) in [5.74, 6) is -4.14. The fourth-order valence-corrected chi connectivity index (χ4v) is 0.796. The topological polar surface area (TPSA) is 20.3 Å². The van der Waals surface area contributed by atoms with Crippen molar-refractivity contribution >= 4 is 5.91 Å². The van der Waals surface area contributed by atoms with Crippen LogP contribution in [0.3, 0.4) is 0 Å². The zero-order valence-electron chi connectivity index (χ0n) is 7.03. The van der Waals surface area contributed by atoms with E-state index in [0.29, 0.717) is 0 Å². The molecule has 0 aliphatic carbocycles. The quantitative estimate of drug-likeness (QED) is 0.532. The van der Waals surface area contributed by atoms with Crippen molar-refractivity contribution in [2.75, 3.05) is 13.6 Å². The van der Waals surface area contributed by atoms with Crippen LogP contribution >= 0.6 is 0 Å². The molecule has 1 aliphatic heterocycles. The Kier molecular flexibility index (Phi) is 3.42. The van der Waals surface area contributed by atoms with Crippen LogP contribution in [0.5, 0.6) is 0 Å². The zero-order valence-corrected chi connectivity index (χ0v) is 7.03. The summed E-state index contributed by atoms with van der Waals surface area (Å²) in [7, 11) is 1.38. The molecule has 0 aromatic rings. The Morgan fingerprint density at radius 1 is 1.45 bits per heavy atom. The van der Waals surface area contributed by atoms with Crippen LogP contribution < -0.4 is 0 Å². The van der Waals surface area contributed by atoms with Crippen molar-refractivity contribution in [3.05, 3.63) is 0 Å². The average molecular weight is 165 g/mol. The van der Waals surface area contributed by atoms with Crippen molar-refractivity contribution in [1.82, 2.24) is 4.90 Å². The molecular formula is C7H13F2NO. The maximum atomic E-state index is 12.2. The molecule has 0 bridgehead atoms. The molecule has 0 unspecified atom stereocenters. The summed E-state index contributed by atoms with van der Waals surface area (Å²) < 4.78 is 24.4. The fraction of sp³-hybridized carbons (Fsp3) is 0.857. The second-order valence-corrected chi connectivity index (χ2v) is 2.18. The molecule has 1 fully saturated rings. The SMILES string of the molecule is CC.CN1CCC(F)(F)C1=O. The van der Waals surface area contributed by atoms with E-state index >= 15 is 0 Å². The number of hydrogen-bond acceptors (Lipinski definition) is 1. The number of alkyl halides is 2. The van der Waals surface area contributed by atoms with Gasteiger partial charge in [0.2, 0.25) is 0 Å². The molecule has 0 aromatic heterocycles. The molecule has 0 radical (unpaired) electrons. The second-order valence-electron chi connectivity index (χ2n) is 2.18. The standard InChI is InChI=1S/C5H7F2NO.C2H6/c1-8-3-2-5(6,7)4(8)9;1-2/h2-3H2,1H3;1-2H3. The first-order chi connectivity index (χ1) is 5.04. The molecule has 1 amide bonds. The van der Waals surface area contributed by atoms with Crippen LogP contribution in [0.2, 0.25) is 0 Å². The molecule has 11 heavy (non-hydrogen) atoms. The van der Waals surface area contributed by atoms with Gasteiger partial charge in [0, 0.05) is 20.0 Å². The van der Waals surface area contributed by atoms with Crippen LogP contribution in [0.25, 0.3) is 0 Å². The number of carbonyl (C=O) groups is 1. The Morgan fingerprint density at radius 3 is 2.00 bits per heavy atom. The highest BCUT2D eigenvalue weighted by Crippen LogP contribution is 2.26. The van der Waals surface area contributed by atoms with Gasteiger partial charge in [0.1, 0.15) is 0 Å². The molecule has 4 heteroatoms. The van der Waals surface area contributed by atoms with Crippen molar-refractivity contribution in [3.63, 3.8) is 0 Å². The molecule has 0 saturated carbocycles. The number of likely N-dealkylation sites (tertiary alicyclic amines) is 1. The van der Waals surface area contributed by atoms with Crippen molar-refractivity contribution in [2.45, 2.75) is 26.2 Å². The molecule has 1 heterocycles. The molecule has 0 aromatic carbocycles. The van der Waals surface area contributed by atoms with Crippen LogP contribution in [-0.4, -0.2) is 30.3 Å². The Labute approximate surface area is 65.2 Å². The fourth-order valence-electron chi connectivity index (χ4n) is 0.796. The van der Waals surface area contributed by atoms with E-state index in [0.717, 1.165) is 4.90 Å². The highest BCUT2D eigenvalue weighted by atomic mass is 19.3. The first kappa shape index (κ1) is 10.3. The number of halogens is 2. The Bertz CT molecular complexity index is 147. The summed E-state index contributed by atoms with van der Waals surface area (Å²) in [6.45, 7) is 4.17. The van der Waals surface area contributed by atoms with Crippen LogP contribution in [-0.2, 0) is 4.79 Å². The molecular weight excluding hydrogens is 152 g/mol. The van der Waals surface area contributed by atoms with Crippen LogP contribution in [0, 0.1) is 0 Å². The first-order valence-corrected chi connectivity index (χ1v) is 3.67. The van der Waals surface area contributed by atoms with E-state index < -0.39 is 11.8 Å². The third-order valence-corrected chi connectivity index (χ3v) is 1.42. The maximum Gasteiger partial charge on any atom is 0.326 e. The van der Waals surface area contributed by atoms with Crippen LogP contribution in [0.15, 0.2) is 0 Å². The Balaban J connectivity index is 0.000000461. The van der Waals surface area contributed by atoms with E-state index in [-0.39, 0.29) is 13.0 Å². The third kappa shape index (κ3) is 2.13. The molecule has 66 valence electrons. The van der Waals surface area contributed by atoms with Gasteiger partial charge in [-0.2, -0.15) is 8.78 Å². The summed E-state index contributed by atoms with van der Waals surface area (Å²) in [4.78, 5) is 11.4. The minimum absolute atomic E-state index is 0.172. The second kappa shape index (κ2) is 3.64. The van der Waals surface area contributed by atoms with E-state index in [4.69, 9.17) is 0 Å². The highest BCUT2D eigenvalue weighted by molar-refractivity contribution is 5.85. The van der Waals surface area contributed by atoms with Gasteiger partial charge in [-0.05, 0) is 0 Å². The third-order valence-electron chi connectivity index (χ3n) is 1.42. The molecule has 1 aliphatic rings. The number of amides is 1. The van der Waals surface area contributed by atoms with E-state index in [1.807, 2.05) is 13.8 Å². The zero-order chi connectivity index (χ0) is 9.07. The van der Waals surface area contributed by atoms with Crippen LogP contribution in [0.1, 0.15) is 20.3 Å². The highest BCUT2D eigenvalue weighted by Gasteiger charge is 2.46. The largest absolute Gasteiger partial charge is 0.340 e. The lowest BCUT2D eigenvalue weighted by Gasteiger charge is -2.07. The van der Waals surface area contributed by atoms with Gasteiger partial charge in [0.25, 0.3) is 5.91 Å². The van der Waals surface area contributed by atoms with Crippen molar-refractivity contribution in [2.24, 2.45) is 0 Å². The minimum atomic E-state index is -3.09. The number of carbonyl (C=O) groups excluding carboxylic acids is 1. The van der Waals surface area contributed by atoms with E-state index in [9.17, 15) is 13.6 Å². The van der Waals surface area contributed by atoms with Gasteiger partial charge in [-0.15, -0.1) is 0 Å². The molecule has 2 nitrogen and oxygen atoms in total. The van der Waals surface area contributed by atoms with Gasteiger partial charge in [0.05, 0.1) is 0 Å². The van der Waals surface area contributed by atoms with E-state index in [1.165, 1.54) is 7.05 Å².